The molecule has 0 saturated heterocycles. The SMILES string of the molecule is CCCCCCS(=O)(=O)O.[Ag]. The third kappa shape index (κ3) is 13.6. The van der Waals surface area contributed by atoms with Crippen molar-refractivity contribution in [2.24, 2.45) is 0 Å². The first-order valence-electron chi connectivity index (χ1n) is 3.51. The molecule has 0 heterocycles. The van der Waals surface area contributed by atoms with Crippen molar-refractivity contribution in [2.75, 3.05) is 5.75 Å². The predicted octanol–water partition coefficient (Wildman–Crippen LogP) is 1.45. The van der Waals surface area contributed by atoms with Crippen molar-refractivity contribution in [3.05, 3.63) is 0 Å². The summed E-state index contributed by atoms with van der Waals surface area (Å²) in [6.45, 7) is 2.05. The summed E-state index contributed by atoms with van der Waals surface area (Å²) in [5.41, 5.74) is 0. The van der Waals surface area contributed by atoms with Crippen LogP contribution in [0.4, 0.5) is 0 Å². The monoisotopic (exact) mass is 273 g/mol. The largest absolute Gasteiger partial charge is 0.286 e. The van der Waals surface area contributed by atoms with E-state index in [-0.39, 0.29) is 28.1 Å². The topological polar surface area (TPSA) is 54.4 Å². The minimum absolute atomic E-state index is 0. The van der Waals surface area contributed by atoms with Gasteiger partial charge in [0.25, 0.3) is 10.1 Å². The molecule has 0 aliphatic rings. The van der Waals surface area contributed by atoms with Gasteiger partial charge in [0.15, 0.2) is 0 Å². The van der Waals surface area contributed by atoms with Gasteiger partial charge in [-0.1, -0.05) is 26.2 Å². The summed E-state index contributed by atoms with van der Waals surface area (Å²) < 4.78 is 28.6. The van der Waals surface area contributed by atoms with E-state index in [0.717, 1.165) is 19.3 Å². The van der Waals surface area contributed by atoms with Crippen molar-refractivity contribution in [3.63, 3.8) is 0 Å². The average molecular weight is 274 g/mol. The first-order valence-corrected chi connectivity index (χ1v) is 5.12. The van der Waals surface area contributed by atoms with Crippen LogP contribution in [-0.2, 0) is 32.5 Å². The predicted molar refractivity (Wildman–Crippen MR) is 40.6 cm³/mol. The summed E-state index contributed by atoms with van der Waals surface area (Å²) in [5.74, 6) is -0.0903. The summed E-state index contributed by atoms with van der Waals surface area (Å²) in [6.07, 6.45) is 3.57. The molecule has 0 unspecified atom stereocenters. The van der Waals surface area contributed by atoms with Crippen LogP contribution in [-0.4, -0.2) is 18.7 Å². The van der Waals surface area contributed by atoms with Crippen molar-refractivity contribution >= 4 is 10.1 Å². The minimum Gasteiger partial charge on any atom is -0.286 e. The van der Waals surface area contributed by atoms with Crippen LogP contribution >= 0.6 is 0 Å². The maximum absolute atomic E-state index is 10.1. The van der Waals surface area contributed by atoms with Crippen molar-refractivity contribution in [2.45, 2.75) is 32.6 Å². The first kappa shape index (κ1) is 14.2. The molecule has 0 atom stereocenters. The zero-order valence-corrected chi connectivity index (χ0v) is 8.81. The van der Waals surface area contributed by atoms with Crippen molar-refractivity contribution in [3.8, 4) is 0 Å². The molecule has 0 aromatic rings. The van der Waals surface area contributed by atoms with Gasteiger partial charge in [-0.05, 0) is 6.42 Å². The molecule has 0 saturated carbocycles. The Hall–Kier alpha value is 0.650. The molecule has 0 aliphatic carbocycles. The summed E-state index contributed by atoms with van der Waals surface area (Å²) in [6, 6.07) is 0. The van der Waals surface area contributed by atoms with Crippen LogP contribution in [0.2, 0.25) is 0 Å². The quantitative estimate of drug-likeness (QED) is 0.469. The Kier molecular flexibility index (Phi) is 9.43. The third-order valence-corrected chi connectivity index (χ3v) is 2.06. The Balaban J connectivity index is 0. The van der Waals surface area contributed by atoms with Gasteiger partial charge in [0.2, 0.25) is 0 Å². The Labute approximate surface area is 83.8 Å². The second-order valence-corrected chi connectivity index (χ2v) is 3.92. The van der Waals surface area contributed by atoms with E-state index in [9.17, 15) is 8.42 Å². The van der Waals surface area contributed by atoms with Gasteiger partial charge >= 0.3 is 0 Å². The van der Waals surface area contributed by atoms with Crippen LogP contribution < -0.4 is 0 Å². The van der Waals surface area contributed by atoms with Crippen molar-refractivity contribution in [1.82, 2.24) is 0 Å². The van der Waals surface area contributed by atoms with Gasteiger partial charge < -0.3 is 0 Å². The van der Waals surface area contributed by atoms with Gasteiger partial charge in [0.05, 0.1) is 5.75 Å². The van der Waals surface area contributed by atoms with Crippen LogP contribution in [0.1, 0.15) is 32.6 Å². The molecule has 5 heteroatoms. The van der Waals surface area contributed by atoms with Gasteiger partial charge in [-0.15, -0.1) is 0 Å². The molecule has 1 N–H and O–H groups in total. The fraction of sp³-hybridized carbons (Fsp3) is 1.00. The van der Waals surface area contributed by atoms with E-state index >= 15 is 0 Å². The van der Waals surface area contributed by atoms with E-state index < -0.39 is 10.1 Å². The average Bonchev–Trinajstić information content (AvgIpc) is 1.78. The molecule has 0 rings (SSSR count). The Morgan fingerprint density at radius 2 is 1.73 bits per heavy atom. The normalized spacial score (nSPS) is 10.7. The van der Waals surface area contributed by atoms with E-state index in [1.165, 1.54) is 0 Å². The molecule has 0 fully saturated rings. The summed E-state index contributed by atoms with van der Waals surface area (Å²) in [4.78, 5) is 0. The molecule has 3 nitrogen and oxygen atoms in total. The molecule has 1 radical (unpaired) electrons. The van der Waals surface area contributed by atoms with Crippen LogP contribution in [0.25, 0.3) is 0 Å². The maximum atomic E-state index is 10.1. The molecular weight excluding hydrogens is 260 g/mol. The van der Waals surface area contributed by atoms with Crippen molar-refractivity contribution in [1.29, 1.82) is 0 Å². The Morgan fingerprint density at radius 3 is 2.09 bits per heavy atom. The summed E-state index contributed by atoms with van der Waals surface area (Å²) in [7, 11) is -3.70. The molecule has 73 valence electrons. The second-order valence-electron chi connectivity index (χ2n) is 2.35. The van der Waals surface area contributed by atoms with Crippen LogP contribution in [0.3, 0.4) is 0 Å². The molecule has 0 aromatic carbocycles. The first-order chi connectivity index (χ1) is 4.56. The zero-order chi connectivity index (χ0) is 8.04. The smallest absolute Gasteiger partial charge is 0.264 e. The van der Waals surface area contributed by atoms with Gasteiger partial charge in [0.1, 0.15) is 0 Å². The fourth-order valence-corrected chi connectivity index (χ4v) is 1.28. The van der Waals surface area contributed by atoms with Crippen LogP contribution in [0.15, 0.2) is 0 Å². The molecule has 11 heavy (non-hydrogen) atoms. The zero-order valence-electron chi connectivity index (χ0n) is 6.51. The van der Waals surface area contributed by atoms with Gasteiger partial charge in [0, 0.05) is 22.4 Å². The molecular formula is C6H14AgO3S. The molecule has 0 bridgehead atoms. The summed E-state index contributed by atoms with van der Waals surface area (Å²) >= 11 is 0. The van der Waals surface area contributed by atoms with Gasteiger partial charge in [-0.2, -0.15) is 8.42 Å². The Bertz CT molecular complexity index is 165. The van der Waals surface area contributed by atoms with E-state index in [1.54, 1.807) is 0 Å². The standard InChI is InChI=1S/C6H14O3S.Ag/c1-2-3-4-5-6-10(7,8)9;/h2-6H2,1H3,(H,7,8,9);. The number of hydrogen-bond donors (Lipinski definition) is 1. The third-order valence-electron chi connectivity index (χ3n) is 1.26. The molecule has 0 aliphatic heterocycles. The molecule has 0 amide bonds. The van der Waals surface area contributed by atoms with Crippen LogP contribution in [0.5, 0.6) is 0 Å². The number of hydrogen-bond acceptors (Lipinski definition) is 2. The van der Waals surface area contributed by atoms with E-state index in [1.807, 2.05) is 6.92 Å². The molecule has 0 spiro atoms. The van der Waals surface area contributed by atoms with E-state index in [2.05, 4.69) is 0 Å². The van der Waals surface area contributed by atoms with E-state index in [4.69, 9.17) is 4.55 Å². The van der Waals surface area contributed by atoms with Crippen molar-refractivity contribution < 1.29 is 35.4 Å². The number of rotatable bonds is 5. The van der Waals surface area contributed by atoms with E-state index in [0.29, 0.717) is 6.42 Å². The van der Waals surface area contributed by atoms with Gasteiger partial charge in [-0.3, -0.25) is 4.55 Å². The minimum atomic E-state index is -3.70. The second kappa shape index (κ2) is 7.31. The summed E-state index contributed by atoms with van der Waals surface area (Å²) in [5, 5.41) is 0. The number of unbranched alkanes of at least 4 members (excludes halogenated alkanes) is 3. The Morgan fingerprint density at radius 1 is 1.18 bits per heavy atom. The molecule has 0 aromatic heterocycles. The van der Waals surface area contributed by atoms with Crippen LogP contribution in [0, 0.1) is 0 Å². The van der Waals surface area contributed by atoms with Gasteiger partial charge in [-0.25, -0.2) is 0 Å². The maximum Gasteiger partial charge on any atom is 0.264 e. The fourth-order valence-electron chi connectivity index (χ4n) is 0.711.